The van der Waals surface area contributed by atoms with Crippen LogP contribution in [-0.2, 0) is 22.3 Å². The Morgan fingerprint density at radius 3 is 2.32 bits per heavy atom. The number of ether oxygens (including phenoxy) is 1. The zero-order valence-corrected chi connectivity index (χ0v) is 17.5. The first-order chi connectivity index (χ1) is 12.9. The van der Waals surface area contributed by atoms with E-state index in [1.807, 2.05) is 0 Å². The van der Waals surface area contributed by atoms with E-state index in [2.05, 4.69) is 4.40 Å². The van der Waals surface area contributed by atoms with Crippen LogP contribution in [0, 0.1) is 0 Å². The number of rotatable bonds is 4. The summed E-state index contributed by atoms with van der Waals surface area (Å²) in [6, 6.07) is 10.1. The topological polar surface area (TPSA) is 44.6 Å². The Bertz CT molecular complexity index is 890. The highest BCUT2D eigenvalue weighted by molar-refractivity contribution is 7.91. The summed E-state index contributed by atoms with van der Waals surface area (Å²) in [7, 11) is 1.40. The summed E-state index contributed by atoms with van der Waals surface area (Å²) in [6.07, 6.45) is -3.17. The minimum Gasteiger partial charge on any atom is -0.591 e. The maximum atomic E-state index is 13.3. The molecule has 0 aliphatic carbocycles. The molecule has 0 aliphatic rings. The fourth-order valence-electron chi connectivity index (χ4n) is 2.35. The number of hydrogen-bond acceptors (Lipinski definition) is 4. The normalized spacial score (nSPS) is 13.6. The van der Waals surface area contributed by atoms with Gasteiger partial charge in [0.15, 0.2) is 5.05 Å². The van der Waals surface area contributed by atoms with Gasteiger partial charge in [0.25, 0.3) is 0 Å². The fourth-order valence-corrected chi connectivity index (χ4v) is 3.05. The predicted octanol–water partition coefficient (Wildman–Crippen LogP) is 5.58. The lowest BCUT2D eigenvalue weighted by Crippen LogP contribution is -2.25. The third kappa shape index (κ3) is 5.33. The molecule has 2 rings (SSSR count). The number of benzene rings is 2. The average Bonchev–Trinajstić information content (AvgIpc) is 2.63. The Morgan fingerprint density at radius 2 is 1.75 bits per heavy atom. The molecule has 0 saturated heterocycles. The maximum absolute atomic E-state index is 13.3. The van der Waals surface area contributed by atoms with Crippen LogP contribution in [0.2, 0.25) is 0 Å². The zero-order valence-electron chi connectivity index (χ0n) is 15.8. The third-order valence-electron chi connectivity index (χ3n) is 3.81. The van der Waals surface area contributed by atoms with Crippen molar-refractivity contribution in [3.63, 3.8) is 0 Å². The van der Waals surface area contributed by atoms with Crippen LogP contribution in [0.15, 0.2) is 46.9 Å². The number of halogens is 3. The molecule has 8 heteroatoms. The number of nitrogens with zero attached hydrogens (tertiary/aromatic N) is 1. The molecule has 0 spiro atoms. The van der Waals surface area contributed by atoms with Crippen LogP contribution < -0.4 is 0 Å². The second kappa shape index (κ2) is 8.63. The van der Waals surface area contributed by atoms with Crippen LogP contribution in [0.5, 0.6) is 0 Å². The minimum atomic E-state index is -4.50. The van der Waals surface area contributed by atoms with Crippen LogP contribution in [0.3, 0.4) is 0 Å². The highest BCUT2D eigenvalue weighted by atomic mass is 32.2. The lowest BCUT2D eigenvalue weighted by molar-refractivity contribution is -0.137. The number of methoxy groups -OCH3 is 1. The number of thiocarbonyl (C=S) groups is 1. The molecule has 1 unspecified atom stereocenters. The van der Waals surface area contributed by atoms with Crippen LogP contribution in [0.1, 0.15) is 37.5 Å². The summed E-state index contributed by atoms with van der Waals surface area (Å²) < 4.78 is 60.6. The first kappa shape index (κ1) is 22.4. The van der Waals surface area contributed by atoms with E-state index in [-0.39, 0.29) is 10.6 Å². The van der Waals surface area contributed by atoms with Crippen molar-refractivity contribution >= 4 is 34.8 Å². The van der Waals surface area contributed by atoms with Crippen molar-refractivity contribution in [1.82, 2.24) is 0 Å². The van der Waals surface area contributed by atoms with Crippen molar-refractivity contribution in [2.45, 2.75) is 31.7 Å². The molecular weight excluding hydrogens is 407 g/mol. The van der Waals surface area contributed by atoms with Gasteiger partial charge in [-0.1, -0.05) is 28.7 Å². The smallest absolute Gasteiger partial charge is 0.416 e. The number of alkyl halides is 3. The Balaban J connectivity index is 2.67. The van der Waals surface area contributed by atoms with Gasteiger partial charge in [-0.2, -0.15) is 13.2 Å². The molecule has 1 atom stereocenters. The molecule has 2 aromatic rings. The van der Waals surface area contributed by atoms with Crippen molar-refractivity contribution in [3.8, 4) is 11.1 Å². The Labute approximate surface area is 171 Å². The molecule has 0 bridgehead atoms. The first-order valence-corrected chi connectivity index (χ1v) is 9.81. The highest BCUT2D eigenvalue weighted by Crippen LogP contribution is 2.35. The standard InChI is InChI=1S/C20H20F3NO2S2/c1-19(2,3)28(25)24-12-13-9-10-14(20(21,22)23)11-17(13)15-7-5-6-8-16(15)18(27)26-4/h5-12H,1-4H3/b24-12+. The monoisotopic (exact) mass is 427 g/mol. The summed E-state index contributed by atoms with van der Waals surface area (Å²) >= 11 is 3.64. The lowest BCUT2D eigenvalue weighted by Gasteiger charge is -2.18. The minimum absolute atomic E-state index is 0.161. The molecule has 0 N–H and O–H groups in total. The molecular formula is C20H20F3NO2S2. The molecule has 3 nitrogen and oxygen atoms in total. The third-order valence-corrected chi connectivity index (χ3v) is 5.55. The lowest BCUT2D eigenvalue weighted by atomic mass is 9.94. The van der Waals surface area contributed by atoms with E-state index >= 15 is 0 Å². The van der Waals surface area contributed by atoms with Gasteiger partial charge in [0, 0.05) is 11.1 Å². The largest absolute Gasteiger partial charge is 0.591 e. The molecule has 150 valence electrons. The highest BCUT2D eigenvalue weighted by Gasteiger charge is 2.31. The Morgan fingerprint density at radius 1 is 1.11 bits per heavy atom. The van der Waals surface area contributed by atoms with Gasteiger partial charge in [0.05, 0.1) is 18.9 Å². The van der Waals surface area contributed by atoms with E-state index in [0.717, 1.165) is 12.1 Å². The fraction of sp³-hybridized carbons (Fsp3) is 0.300. The summed E-state index contributed by atoms with van der Waals surface area (Å²) in [4.78, 5) is 0. The van der Waals surface area contributed by atoms with Gasteiger partial charge in [-0.05, 0) is 62.3 Å². The van der Waals surface area contributed by atoms with E-state index in [9.17, 15) is 17.7 Å². The Kier molecular flexibility index (Phi) is 6.90. The van der Waals surface area contributed by atoms with Crippen LogP contribution in [0.25, 0.3) is 11.1 Å². The average molecular weight is 428 g/mol. The first-order valence-electron chi connectivity index (χ1n) is 8.30. The SMILES string of the molecule is COC(=S)c1ccccc1-c1cc(C(F)(F)F)ccc1/C=N/[S+]([O-])C(C)(C)C. The zero-order chi connectivity index (χ0) is 21.1. The maximum Gasteiger partial charge on any atom is 0.416 e. The van der Waals surface area contributed by atoms with Gasteiger partial charge in [-0.15, -0.1) is 0 Å². The summed E-state index contributed by atoms with van der Waals surface area (Å²) in [5.41, 5.74) is 0.848. The van der Waals surface area contributed by atoms with Crippen molar-refractivity contribution in [3.05, 3.63) is 59.2 Å². The van der Waals surface area contributed by atoms with Gasteiger partial charge in [-0.25, -0.2) is 0 Å². The van der Waals surface area contributed by atoms with Gasteiger partial charge in [-0.3, -0.25) is 0 Å². The van der Waals surface area contributed by atoms with Crippen molar-refractivity contribution in [2.24, 2.45) is 4.40 Å². The molecule has 0 radical (unpaired) electrons. The van der Waals surface area contributed by atoms with Crippen molar-refractivity contribution in [2.75, 3.05) is 7.11 Å². The van der Waals surface area contributed by atoms with Gasteiger partial charge in [0.1, 0.15) is 16.1 Å². The quantitative estimate of drug-likeness (QED) is 0.364. The van der Waals surface area contributed by atoms with Crippen molar-refractivity contribution in [1.29, 1.82) is 0 Å². The molecule has 2 aromatic carbocycles. The van der Waals surface area contributed by atoms with E-state index in [4.69, 9.17) is 17.0 Å². The molecule has 0 fully saturated rings. The summed E-state index contributed by atoms with van der Waals surface area (Å²) in [5.74, 6) is 0. The van der Waals surface area contributed by atoms with Gasteiger partial charge < -0.3 is 9.29 Å². The van der Waals surface area contributed by atoms with E-state index < -0.39 is 27.8 Å². The van der Waals surface area contributed by atoms with E-state index in [0.29, 0.717) is 16.7 Å². The Hall–Kier alpha value is -1.90. The van der Waals surface area contributed by atoms with Crippen LogP contribution in [-0.4, -0.2) is 27.7 Å². The molecule has 0 aromatic heterocycles. The summed E-state index contributed by atoms with van der Waals surface area (Å²) in [6.45, 7) is 5.29. The van der Waals surface area contributed by atoms with Gasteiger partial charge in [0.2, 0.25) is 0 Å². The second-order valence-corrected chi connectivity index (χ2v) is 9.24. The summed E-state index contributed by atoms with van der Waals surface area (Å²) in [5, 5.41) is 0.161. The second-order valence-electron chi connectivity index (χ2n) is 6.93. The molecule has 0 heterocycles. The number of hydrogen-bond donors (Lipinski definition) is 0. The molecule has 0 aliphatic heterocycles. The van der Waals surface area contributed by atoms with E-state index in [1.54, 1.807) is 45.0 Å². The molecule has 0 amide bonds. The van der Waals surface area contributed by atoms with Crippen molar-refractivity contribution < 1.29 is 22.5 Å². The predicted molar refractivity (Wildman–Crippen MR) is 111 cm³/mol. The molecule has 0 saturated carbocycles. The van der Waals surface area contributed by atoms with E-state index in [1.165, 1.54) is 19.4 Å². The van der Waals surface area contributed by atoms with Crippen LogP contribution in [0.4, 0.5) is 13.2 Å². The molecule has 28 heavy (non-hydrogen) atoms. The van der Waals surface area contributed by atoms with Crippen LogP contribution >= 0.6 is 12.2 Å². The van der Waals surface area contributed by atoms with Gasteiger partial charge >= 0.3 is 6.18 Å².